The molecule has 2 aliphatic rings. The van der Waals surface area contributed by atoms with Crippen LogP contribution >= 0.6 is 0 Å². The molecule has 0 aromatic heterocycles. The molecule has 34 heavy (non-hydrogen) atoms. The number of aryl methyl sites for hydroxylation is 1. The van der Waals surface area contributed by atoms with Crippen LogP contribution in [0.5, 0.6) is 5.75 Å². The van der Waals surface area contributed by atoms with Gasteiger partial charge in [0.15, 0.2) is 0 Å². The predicted octanol–water partition coefficient (Wildman–Crippen LogP) is 5.98. The van der Waals surface area contributed by atoms with E-state index in [0.29, 0.717) is 6.61 Å². The maximum Gasteiger partial charge on any atom is 0.120 e. The van der Waals surface area contributed by atoms with Gasteiger partial charge in [-0.2, -0.15) is 0 Å². The van der Waals surface area contributed by atoms with Gasteiger partial charge < -0.3 is 15.2 Å². The topological polar surface area (TPSA) is 41.5 Å². The summed E-state index contributed by atoms with van der Waals surface area (Å²) < 4.78 is 6.21. The Morgan fingerprint density at radius 1 is 0.794 bits per heavy atom. The molecule has 2 unspecified atom stereocenters. The van der Waals surface area contributed by atoms with E-state index in [1.807, 2.05) is 18.2 Å². The van der Waals surface area contributed by atoms with Crippen LogP contribution in [0.3, 0.4) is 0 Å². The van der Waals surface area contributed by atoms with Gasteiger partial charge in [0.05, 0.1) is 5.60 Å². The van der Waals surface area contributed by atoms with Crippen molar-refractivity contribution in [3.8, 4) is 5.75 Å². The van der Waals surface area contributed by atoms with E-state index >= 15 is 0 Å². The second-order valence-electron chi connectivity index (χ2n) is 10.1. The normalized spacial score (nSPS) is 23.7. The zero-order valence-corrected chi connectivity index (χ0v) is 20.1. The minimum Gasteiger partial charge on any atom is -0.489 e. The van der Waals surface area contributed by atoms with Crippen LogP contribution in [0, 0.1) is 0 Å². The Bertz CT molecular complexity index is 1070. The molecule has 0 spiro atoms. The summed E-state index contributed by atoms with van der Waals surface area (Å²) in [7, 11) is 0. The lowest BCUT2D eigenvalue weighted by atomic mass is 9.53. The molecule has 0 saturated heterocycles. The number of hydrogen-bond donors (Lipinski definition) is 2. The first-order valence-corrected chi connectivity index (χ1v) is 13.0. The summed E-state index contributed by atoms with van der Waals surface area (Å²) in [5.41, 5.74) is 4.46. The number of fused-ring (bicyclic) bond motifs is 3. The quantitative estimate of drug-likeness (QED) is 0.390. The molecule has 0 heterocycles. The highest BCUT2D eigenvalue weighted by atomic mass is 16.5. The van der Waals surface area contributed by atoms with Crippen LogP contribution in [-0.4, -0.2) is 23.8 Å². The average Bonchev–Trinajstić information content (AvgIpc) is 2.88. The van der Waals surface area contributed by atoms with Crippen molar-refractivity contribution in [1.82, 2.24) is 5.32 Å². The van der Waals surface area contributed by atoms with Gasteiger partial charge in [-0.05, 0) is 86.0 Å². The van der Waals surface area contributed by atoms with Crippen LogP contribution in [0.2, 0.25) is 0 Å². The monoisotopic (exact) mass is 455 g/mol. The van der Waals surface area contributed by atoms with E-state index in [0.717, 1.165) is 63.8 Å². The fourth-order valence-electron chi connectivity index (χ4n) is 6.25. The van der Waals surface area contributed by atoms with Crippen molar-refractivity contribution < 1.29 is 9.84 Å². The van der Waals surface area contributed by atoms with E-state index < -0.39 is 5.60 Å². The minimum absolute atomic E-state index is 0.190. The van der Waals surface area contributed by atoms with Crippen LogP contribution in [0.1, 0.15) is 60.8 Å². The molecule has 1 fully saturated rings. The molecule has 2 atom stereocenters. The van der Waals surface area contributed by atoms with Crippen LogP contribution < -0.4 is 10.1 Å². The van der Waals surface area contributed by atoms with Gasteiger partial charge in [0.1, 0.15) is 12.4 Å². The Balaban J connectivity index is 1.32. The van der Waals surface area contributed by atoms with E-state index in [9.17, 15) is 5.11 Å². The molecule has 3 aromatic carbocycles. The lowest BCUT2D eigenvalue weighted by Crippen LogP contribution is -2.57. The molecule has 0 aliphatic heterocycles. The van der Waals surface area contributed by atoms with Crippen LogP contribution in [0.4, 0.5) is 0 Å². The van der Waals surface area contributed by atoms with Crippen molar-refractivity contribution in [2.75, 3.05) is 13.1 Å². The molecular weight excluding hydrogens is 418 g/mol. The third kappa shape index (κ3) is 4.78. The second kappa shape index (κ2) is 10.3. The van der Waals surface area contributed by atoms with Gasteiger partial charge in [0, 0.05) is 5.41 Å². The summed E-state index contributed by atoms with van der Waals surface area (Å²) in [5.74, 6) is 0.911. The molecule has 178 valence electrons. The van der Waals surface area contributed by atoms with Gasteiger partial charge in [-0.25, -0.2) is 0 Å². The smallest absolute Gasteiger partial charge is 0.120 e. The Labute approximate surface area is 204 Å². The Morgan fingerprint density at radius 2 is 1.53 bits per heavy atom. The maximum absolute atomic E-state index is 12.0. The highest BCUT2D eigenvalue weighted by Gasteiger charge is 2.54. The molecule has 3 nitrogen and oxygen atoms in total. The molecule has 5 rings (SSSR count). The van der Waals surface area contributed by atoms with Crippen molar-refractivity contribution in [1.29, 1.82) is 0 Å². The molecule has 3 heteroatoms. The third-order valence-corrected chi connectivity index (χ3v) is 8.15. The molecule has 3 aromatic rings. The second-order valence-corrected chi connectivity index (χ2v) is 10.1. The minimum atomic E-state index is -0.614. The van der Waals surface area contributed by atoms with Crippen molar-refractivity contribution in [2.45, 2.75) is 69.0 Å². The molecule has 2 N–H and O–H groups in total. The average molecular weight is 456 g/mol. The van der Waals surface area contributed by atoms with Gasteiger partial charge >= 0.3 is 0 Å². The fraction of sp³-hybridized carbons (Fsp3) is 0.419. The maximum atomic E-state index is 12.0. The summed E-state index contributed by atoms with van der Waals surface area (Å²) in [5, 5.41) is 15.6. The zero-order chi connectivity index (χ0) is 23.3. The Kier molecular flexibility index (Phi) is 7.03. The number of nitrogens with one attached hydrogen (secondary N) is 1. The first-order valence-electron chi connectivity index (χ1n) is 13.0. The summed E-state index contributed by atoms with van der Waals surface area (Å²) in [6.07, 6.45) is 8.09. The van der Waals surface area contributed by atoms with Crippen LogP contribution in [0.25, 0.3) is 0 Å². The van der Waals surface area contributed by atoms with E-state index in [1.165, 1.54) is 28.7 Å². The van der Waals surface area contributed by atoms with E-state index in [1.54, 1.807) is 0 Å². The van der Waals surface area contributed by atoms with Gasteiger partial charge in [-0.3, -0.25) is 0 Å². The van der Waals surface area contributed by atoms with E-state index in [2.05, 4.69) is 66.0 Å². The number of rotatable bonds is 9. The van der Waals surface area contributed by atoms with Crippen LogP contribution in [0.15, 0.2) is 78.9 Å². The van der Waals surface area contributed by atoms with Gasteiger partial charge in [0.25, 0.3) is 0 Å². The number of hydrogen-bond acceptors (Lipinski definition) is 3. The van der Waals surface area contributed by atoms with E-state index in [-0.39, 0.29) is 5.41 Å². The van der Waals surface area contributed by atoms with Crippen molar-refractivity contribution in [3.05, 3.63) is 101 Å². The SMILES string of the molecule is OC12CCCCC1(CCNCCc1ccccc1)c1cc(OCc3ccccc3)ccc1CC2. The molecule has 0 bridgehead atoms. The van der Waals surface area contributed by atoms with Crippen molar-refractivity contribution in [2.24, 2.45) is 0 Å². The lowest BCUT2D eigenvalue weighted by Gasteiger charge is -2.55. The lowest BCUT2D eigenvalue weighted by molar-refractivity contribution is -0.0869. The highest BCUT2D eigenvalue weighted by molar-refractivity contribution is 5.46. The Morgan fingerprint density at radius 3 is 2.32 bits per heavy atom. The van der Waals surface area contributed by atoms with Gasteiger partial charge in [0.2, 0.25) is 0 Å². The summed E-state index contributed by atoms with van der Waals surface area (Å²) in [4.78, 5) is 0. The number of aliphatic hydroxyl groups is 1. The number of benzene rings is 3. The standard InChI is InChI=1S/C31H37NO2/c33-31-18-8-7-17-30(31,20-22-32-21-16-25-9-3-1-4-10-25)29-23-28(14-13-27(29)15-19-31)34-24-26-11-5-2-6-12-26/h1-6,9-14,23,32-33H,7-8,15-22,24H2. The summed E-state index contributed by atoms with van der Waals surface area (Å²) in [6.45, 7) is 2.45. The highest BCUT2D eigenvalue weighted by Crippen LogP contribution is 2.55. The van der Waals surface area contributed by atoms with Gasteiger partial charge in [-0.1, -0.05) is 79.6 Å². The molecule has 1 saturated carbocycles. The number of ether oxygens (including phenoxy) is 1. The summed E-state index contributed by atoms with van der Waals surface area (Å²) in [6, 6.07) is 27.6. The van der Waals surface area contributed by atoms with E-state index in [4.69, 9.17) is 4.74 Å². The largest absolute Gasteiger partial charge is 0.489 e. The van der Waals surface area contributed by atoms with Gasteiger partial charge in [-0.15, -0.1) is 0 Å². The molecular formula is C31H37NO2. The summed E-state index contributed by atoms with van der Waals surface area (Å²) >= 11 is 0. The fourth-order valence-corrected chi connectivity index (χ4v) is 6.25. The molecule has 0 amide bonds. The predicted molar refractivity (Wildman–Crippen MR) is 138 cm³/mol. The molecule has 2 aliphatic carbocycles. The van der Waals surface area contributed by atoms with Crippen LogP contribution in [-0.2, 0) is 24.9 Å². The zero-order valence-electron chi connectivity index (χ0n) is 20.1. The first kappa shape index (κ1) is 23.1. The first-order chi connectivity index (χ1) is 16.7. The third-order valence-electron chi connectivity index (χ3n) is 8.15. The van der Waals surface area contributed by atoms with Crippen molar-refractivity contribution >= 4 is 0 Å². The molecule has 0 radical (unpaired) electrons. The Hall–Kier alpha value is -2.62. The van der Waals surface area contributed by atoms with Crippen molar-refractivity contribution in [3.63, 3.8) is 0 Å².